The zero-order valence-electron chi connectivity index (χ0n) is 27.9. The fourth-order valence-electron chi connectivity index (χ4n) is 5.48. The Morgan fingerprint density at radius 2 is 1.33 bits per heavy atom. The Morgan fingerprint density at radius 1 is 0.767 bits per heavy atom. The molecule has 0 spiro atoms. The van der Waals surface area contributed by atoms with E-state index in [1.54, 1.807) is 0 Å². The Hall–Kier alpha value is -1.91. The predicted octanol–water partition coefficient (Wildman–Crippen LogP) is 11.1. The summed E-state index contributed by atoms with van der Waals surface area (Å²) in [6.07, 6.45) is 41.3. The largest absolute Gasteiger partial charge is 0.459 e. The fourth-order valence-corrected chi connectivity index (χ4v) is 5.48. The molecule has 246 valence electrons. The molecule has 43 heavy (non-hydrogen) atoms. The van der Waals surface area contributed by atoms with Gasteiger partial charge in [0.1, 0.15) is 6.10 Å². The Morgan fingerprint density at radius 3 is 1.98 bits per heavy atom. The van der Waals surface area contributed by atoms with Gasteiger partial charge >= 0.3 is 5.97 Å². The minimum Gasteiger partial charge on any atom is -0.459 e. The maximum Gasteiger partial charge on any atom is 0.306 e. The van der Waals surface area contributed by atoms with E-state index in [0.717, 1.165) is 83.5 Å². The van der Waals surface area contributed by atoms with E-state index < -0.39 is 6.10 Å². The lowest BCUT2D eigenvalue weighted by Crippen LogP contribution is -2.27. The maximum atomic E-state index is 12.6. The molecule has 0 radical (unpaired) electrons. The molecule has 1 saturated heterocycles. The molecule has 0 aliphatic carbocycles. The number of unbranched alkanes of at least 4 members (excludes halogenated alkanes) is 11. The van der Waals surface area contributed by atoms with E-state index in [-0.39, 0.29) is 24.3 Å². The maximum absolute atomic E-state index is 12.6. The number of rotatable bonds is 28. The van der Waals surface area contributed by atoms with E-state index in [0.29, 0.717) is 12.8 Å². The summed E-state index contributed by atoms with van der Waals surface area (Å²) < 4.78 is 12.2. The molecule has 1 rings (SSSR count). The van der Waals surface area contributed by atoms with Crippen molar-refractivity contribution in [2.24, 2.45) is 0 Å². The Bertz CT molecular complexity index is 780. The lowest BCUT2D eigenvalue weighted by Gasteiger charge is -2.20. The molecule has 1 aliphatic heterocycles. The predicted molar refractivity (Wildman–Crippen MR) is 184 cm³/mol. The minimum absolute atomic E-state index is 0.0948. The van der Waals surface area contributed by atoms with Gasteiger partial charge in [-0.05, 0) is 70.6 Å². The molecule has 4 atom stereocenters. The normalized spacial score (nSPS) is 19.8. The summed E-state index contributed by atoms with van der Waals surface area (Å²) in [5.41, 5.74) is 0. The highest BCUT2D eigenvalue weighted by molar-refractivity contribution is 5.69. The summed E-state index contributed by atoms with van der Waals surface area (Å²) >= 11 is 0. The van der Waals surface area contributed by atoms with E-state index in [1.165, 1.54) is 44.9 Å². The van der Waals surface area contributed by atoms with Crippen LogP contribution in [0.3, 0.4) is 0 Å². The molecule has 0 bridgehead atoms. The second kappa shape index (κ2) is 28.8. The van der Waals surface area contributed by atoms with E-state index in [9.17, 15) is 9.90 Å². The first-order valence-electron chi connectivity index (χ1n) is 17.9. The number of carbonyl (C=O) groups excluding carboxylic acids is 1. The number of carbonyl (C=O) groups is 1. The van der Waals surface area contributed by atoms with Crippen LogP contribution < -0.4 is 0 Å². The molecule has 4 heteroatoms. The van der Waals surface area contributed by atoms with Gasteiger partial charge in [0.05, 0.1) is 18.3 Å². The number of aliphatic hydroxyl groups excluding tert-OH is 1. The van der Waals surface area contributed by atoms with Gasteiger partial charge in [-0.25, -0.2) is 0 Å². The molecule has 1 fully saturated rings. The summed E-state index contributed by atoms with van der Waals surface area (Å²) in [5.74, 6) is -0.139. The van der Waals surface area contributed by atoms with Gasteiger partial charge in [0, 0.05) is 12.8 Å². The molecule has 0 unspecified atom stereocenters. The monoisotopic (exact) mass is 598 g/mol. The van der Waals surface area contributed by atoms with Crippen molar-refractivity contribution in [3.05, 3.63) is 61.3 Å². The lowest BCUT2D eigenvalue weighted by atomic mass is 10.00. The molecule has 0 aromatic rings. The molecule has 0 amide bonds. The topological polar surface area (TPSA) is 55.8 Å². The van der Waals surface area contributed by atoms with Crippen LogP contribution in [0.1, 0.15) is 155 Å². The lowest BCUT2D eigenvalue weighted by molar-refractivity contribution is -0.152. The van der Waals surface area contributed by atoms with Crippen molar-refractivity contribution in [1.82, 2.24) is 0 Å². The van der Waals surface area contributed by atoms with Gasteiger partial charge in [-0.2, -0.15) is 0 Å². The van der Waals surface area contributed by atoms with E-state index in [4.69, 9.17) is 9.47 Å². The fraction of sp³-hybridized carbons (Fsp3) is 0.718. The van der Waals surface area contributed by atoms with Gasteiger partial charge < -0.3 is 14.6 Å². The highest BCUT2D eigenvalue weighted by atomic mass is 16.6. The van der Waals surface area contributed by atoms with Crippen molar-refractivity contribution in [1.29, 1.82) is 0 Å². The van der Waals surface area contributed by atoms with Crippen molar-refractivity contribution in [2.45, 2.75) is 180 Å². The SMILES string of the molecule is C=CCCCCCCC[C@@H](O)[C@H]1C[C@@H](OC(=O)CCC/C=C\C/C=C\C/C=C\C/C=C\CCCCC)[C@H](CCCCC)O1. The number of hydrogen-bond acceptors (Lipinski definition) is 4. The highest BCUT2D eigenvalue weighted by Gasteiger charge is 2.40. The van der Waals surface area contributed by atoms with Crippen LogP contribution in [0.2, 0.25) is 0 Å². The summed E-state index contributed by atoms with van der Waals surface area (Å²) in [7, 11) is 0. The number of hydrogen-bond donors (Lipinski definition) is 1. The first-order valence-corrected chi connectivity index (χ1v) is 17.9. The zero-order chi connectivity index (χ0) is 31.2. The molecular weight excluding hydrogens is 532 g/mol. The molecule has 0 aromatic heterocycles. The summed E-state index contributed by atoms with van der Waals surface area (Å²) in [6, 6.07) is 0. The molecule has 0 saturated carbocycles. The van der Waals surface area contributed by atoms with E-state index in [2.05, 4.69) is 69.0 Å². The van der Waals surface area contributed by atoms with Gasteiger partial charge in [-0.3, -0.25) is 4.79 Å². The second-order valence-corrected chi connectivity index (χ2v) is 12.2. The molecular formula is C39H66O4. The molecule has 4 nitrogen and oxygen atoms in total. The Balaban J connectivity index is 2.25. The van der Waals surface area contributed by atoms with Crippen LogP contribution >= 0.6 is 0 Å². The second-order valence-electron chi connectivity index (χ2n) is 12.2. The number of aliphatic hydroxyl groups is 1. The van der Waals surface area contributed by atoms with Crippen LogP contribution in [0.5, 0.6) is 0 Å². The van der Waals surface area contributed by atoms with Crippen molar-refractivity contribution in [3.8, 4) is 0 Å². The quantitative estimate of drug-likeness (QED) is 0.0553. The third kappa shape index (κ3) is 22.3. The van der Waals surface area contributed by atoms with Crippen molar-refractivity contribution in [2.75, 3.05) is 0 Å². The van der Waals surface area contributed by atoms with Crippen LogP contribution in [0, 0.1) is 0 Å². The first-order chi connectivity index (χ1) is 21.1. The smallest absolute Gasteiger partial charge is 0.306 e. The molecule has 1 aliphatic rings. The third-order valence-corrected chi connectivity index (χ3v) is 8.15. The summed E-state index contributed by atoms with van der Waals surface area (Å²) in [4.78, 5) is 12.6. The van der Waals surface area contributed by atoms with Gasteiger partial charge in [0.15, 0.2) is 0 Å². The number of esters is 1. The van der Waals surface area contributed by atoms with Gasteiger partial charge in [0.2, 0.25) is 0 Å². The molecule has 1 N–H and O–H groups in total. The average molecular weight is 599 g/mol. The van der Waals surface area contributed by atoms with Gasteiger partial charge in [0.25, 0.3) is 0 Å². The molecule has 0 aromatic carbocycles. The Kier molecular flexibility index (Phi) is 26.2. The molecule has 1 heterocycles. The number of allylic oxidation sites excluding steroid dienone is 9. The van der Waals surface area contributed by atoms with Crippen LogP contribution in [0.15, 0.2) is 61.3 Å². The third-order valence-electron chi connectivity index (χ3n) is 8.15. The van der Waals surface area contributed by atoms with Crippen molar-refractivity contribution >= 4 is 5.97 Å². The van der Waals surface area contributed by atoms with Crippen molar-refractivity contribution in [3.63, 3.8) is 0 Å². The Labute approximate surface area is 265 Å². The standard InChI is InChI=1S/C39H66O4/c1-4-7-10-12-14-15-16-17-18-19-20-21-22-23-25-27-30-33-39(41)43-38-34-37(42-36(38)32-28-9-6-3)35(40)31-29-26-24-13-11-8-5-2/h5,14-15,17-18,20-21,23,25,35-38,40H,2,4,6-13,16,19,22,24,26-34H2,1,3H3/b15-14-,18-17-,21-20-,25-23-/t35-,36+,37-,38-/m1/s1. The van der Waals surface area contributed by atoms with Gasteiger partial charge in [-0.15, -0.1) is 6.58 Å². The van der Waals surface area contributed by atoms with E-state index >= 15 is 0 Å². The van der Waals surface area contributed by atoms with E-state index in [1.807, 2.05) is 6.08 Å². The number of ether oxygens (including phenoxy) is 2. The van der Waals surface area contributed by atoms with Crippen LogP contribution in [0.25, 0.3) is 0 Å². The highest BCUT2D eigenvalue weighted by Crippen LogP contribution is 2.31. The first kappa shape index (κ1) is 39.1. The van der Waals surface area contributed by atoms with Crippen molar-refractivity contribution < 1.29 is 19.4 Å². The van der Waals surface area contributed by atoms with Gasteiger partial charge in [-0.1, -0.05) is 126 Å². The van der Waals surface area contributed by atoms with Crippen LogP contribution in [0.4, 0.5) is 0 Å². The average Bonchev–Trinajstić information content (AvgIpc) is 3.40. The zero-order valence-corrected chi connectivity index (χ0v) is 27.9. The summed E-state index contributed by atoms with van der Waals surface area (Å²) in [5, 5.41) is 10.8. The minimum atomic E-state index is -0.483. The van der Waals surface area contributed by atoms with Crippen LogP contribution in [-0.2, 0) is 14.3 Å². The van der Waals surface area contributed by atoms with Crippen LogP contribution in [-0.4, -0.2) is 35.5 Å². The summed E-state index contributed by atoms with van der Waals surface area (Å²) in [6.45, 7) is 8.21.